The van der Waals surface area contributed by atoms with Crippen LogP contribution in [0.3, 0.4) is 0 Å². The van der Waals surface area contributed by atoms with Gasteiger partial charge in [-0.25, -0.2) is 13.4 Å². The van der Waals surface area contributed by atoms with Crippen molar-refractivity contribution in [2.24, 2.45) is 0 Å². The van der Waals surface area contributed by atoms with Crippen LogP contribution >= 0.6 is 11.3 Å². The number of rotatable bonds is 5. The Morgan fingerprint density at radius 2 is 1.88 bits per heavy atom. The van der Waals surface area contributed by atoms with Gasteiger partial charge in [0.2, 0.25) is 0 Å². The van der Waals surface area contributed by atoms with E-state index in [-0.39, 0.29) is 10.5 Å². The Hall–Kier alpha value is -2.71. The summed E-state index contributed by atoms with van der Waals surface area (Å²) in [6.07, 6.45) is 0. The molecule has 0 bridgehead atoms. The van der Waals surface area contributed by atoms with Crippen molar-refractivity contribution in [1.29, 1.82) is 0 Å². The zero-order valence-corrected chi connectivity index (χ0v) is 14.7. The van der Waals surface area contributed by atoms with Gasteiger partial charge in [-0.15, -0.1) is 11.3 Å². The average molecular weight is 373 g/mol. The summed E-state index contributed by atoms with van der Waals surface area (Å²) < 4.78 is 27.4. The minimum Gasteiger partial charge on any atom is -0.545 e. The average Bonchev–Trinajstić information content (AvgIpc) is 3.01. The molecule has 0 fully saturated rings. The molecule has 8 heteroatoms. The summed E-state index contributed by atoms with van der Waals surface area (Å²) in [5, 5.41) is 13.6. The van der Waals surface area contributed by atoms with Gasteiger partial charge in [0.15, 0.2) is 0 Å². The maximum Gasteiger partial charge on any atom is 0.261 e. The number of aromatic nitrogens is 1. The molecule has 2 aromatic carbocycles. The molecule has 0 spiro atoms. The third-order valence-electron chi connectivity index (χ3n) is 3.43. The Bertz CT molecular complexity index is 1020. The van der Waals surface area contributed by atoms with Crippen LogP contribution in [0, 0.1) is 6.92 Å². The summed E-state index contributed by atoms with van der Waals surface area (Å²) in [4.78, 5) is 15.1. The van der Waals surface area contributed by atoms with Gasteiger partial charge in [-0.2, -0.15) is 0 Å². The van der Waals surface area contributed by atoms with Gasteiger partial charge >= 0.3 is 0 Å². The van der Waals surface area contributed by atoms with Gasteiger partial charge in [0.1, 0.15) is 0 Å². The van der Waals surface area contributed by atoms with Crippen LogP contribution in [0.1, 0.15) is 15.4 Å². The lowest BCUT2D eigenvalue weighted by atomic mass is 10.1. The van der Waals surface area contributed by atoms with Crippen molar-refractivity contribution < 1.29 is 18.3 Å². The number of anilines is 1. The van der Waals surface area contributed by atoms with Crippen molar-refractivity contribution in [2.45, 2.75) is 11.8 Å². The van der Waals surface area contributed by atoms with E-state index in [0.717, 1.165) is 16.3 Å². The van der Waals surface area contributed by atoms with Crippen LogP contribution in [-0.4, -0.2) is 19.4 Å². The fourth-order valence-electron chi connectivity index (χ4n) is 2.22. The lowest BCUT2D eigenvalue weighted by Crippen LogP contribution is -2.22. The van der Waals surface area contributed by atoms with Gasteiger partial charge in [-0.05, 0) is 36.8 Å². The molecule has 6 nitrogen and oxygen atoms in total. The fraction of sp³-hybridized carbons (Fsp3) is 0.0588. The van der Waals surface area contributed by atoms with Crippen molar-refractivity contribution >= 4 is 33.0 Å². The smallest absolute Gasteiger partial charge is 0.261 e. The first-order valence-electron chi connectivity index (χ1n) is 7.22. The first kappa shape index (κ1) is 17.1. The number of carboxylic acids is 1. The summed E-state index contributed by atoms with van der Waals surface area (Å²) in [6.45, 7) is 1.90. The molecule has 25 heavy (non-hydrogen) atoms. The molecule has 0 aliphatic heterocycles. The Morgan fingerprint density at radius 3 is 2.48 bits per heavy atom. The number of hydrogen-bond acceptors (Lipinski definition) is 6. The van der Waals surface area contributed by atoms with Crippen LogP contribution in [0.4, 0.5) is 5.69 Å². The zero-order valence-electron chi connectivity index (χ0n) is 13.1. The number of carboxylic acid groups (broad SMARTS) is 1. The van der Waals surface area contributed by atoms with E-state index in [1.54, 1.807) is 18.2 Å². The Morgan fingerprint density at radius 1 is 1.16 bits per heavy atom. The minimum atomic E-state index is -3.83. The second-order valence-electron chi connectivity index (χ2n) is 5.25. The van der Waals surface area contributed by atoms with Crippen LogP contribution in [0.25, 0.3) is 11.3 Å². The van der Waals surface area contributed by atoms with E-state index in [1.807, 2.05) is 18.4 Å². The highest BCUT2D eigenvalue weighted by molar-refractivity contribution is 7.92. The molecular formula is C17H13N2O4S2-. The number of nitrogens with zero attached hydrogens (tertiary/aromatic N) is 1. The van der Waals surface area contributed by atoms with Crippen LogP contribution in [0.2, 0.25) is 0 Å². The highest BCUT2D eigenvalue weighted by Gasteiger charge is 2.15. The number of sulfonamides is 1. The van der Waals surface area contributed by atoms with Crippen LogP contribution in [0.15, 0.2) is 58.8 Å². The summed E-state index contributed by atoms with van der Waals surface area (Å²) >= 11 is 1.52. The molecule has 1 N–H and O–H groups in total. The quantitative estimate of drug-likeness (QED) is 0.740. The number of thiazole rings is 1. The SMILES string of the molecule is Cc1nc(-c2cccc(NS(=O)(=O)c3ccc(C(=O)[O-])cc3)c2)cs1. The number of carbonyl (C=O) groups is 1. The fourth-order valence-corrected chi connectivity index (χ4v) is 3.89. The molecule has 1 heterocycles. The number of benzene rings is 2. The van der Waals surface area contributed by atoms with Gasteiger partial charge in [0.25, 0.3) is 10.0 Å². The zero-order chi connectivity index (χ0) is 18.0. The van der Waals surface area contributed by atoms with E-state index in [2.05, 4.69) is 9.71 Å². The largest absolute Gasteiger partial charge is 0.545 e. The van der Waals surface area contributed by atoms with E-state index < -0.39 is 16.0 Å². The third kappa shape index (κ3) is 3.86. The van der Waals surface area contributed by atoms with E-state index in [1.165, 1.54) is 35.6 Å². The molecule has 0 aliphatic rings. The van der Waals surface area contributed by atoms with Crippen molar-refractivity contribution in [2.75, 3.05) is 4.72 Å². The van der Waals surface area contributed by atoms with Crippen molar-refractivity contribution in [3.05, 3.63) is 64.5 Å². The Labute approximate surface area is 148 Å². The summed E-state index contributed by atoms with van der Waals surface area (Å²) in [5.41, 5.74) is 1.89. The van der Waals surface area contributed by atoms with Crippen LogP contribution in [-0.2, 0) is 10.0 Å². The molecule has 128 valence electrons. The van der Waals surface area contributed by atoms with Crippen molar-refractivity contribution in [3.63, 3.8) is 0 Å². The molecular weight excluding hydrogens is 360 g/mol. The van der Waals surface area contributed by atoms with E-state index in [0.29, 0.717) is 5.69 Å². The number of aryl methyl sites for hydroxylation is 1. The second-order valence-corrected chi connectivity index (χ2v) is 7.99. The molecule has 0 saturated carbocycles. The van der Waals surface area contributed by atoms with Crippen LogP contribution < -0.4 is 9.83 Å². The predicted molar refractivity (Wildman–Crippen MR) is 93.9 cm³/mol. The van der Waals surface area contributed by atoms with Gasteiger partial charge in [-0.3, -0.25) is 4.72 Å². The molecule has 0 aliphatic carbocycles. The lowest BCUT2D eigenvalue weighted by molar-refractivity contribution is -0.255. The third-order valence-corrected chi connectivity index (χ3v) is 5.60. The Kier molecular flexibility index (Phi) is 4.56. The van der Waals surface area contributed by atoms with Crippen molar-refractivity contribution in [3.8, 4) is 11.3 Å². The van der Waals surface area contributed by atoms with Gasteiger partial charge in [-0.1, -0.05) is 24.3 Å². The molecule has 1 aromatic heterocycles. The van der Waals surface area contributed by atoms with Gasteiger partial charge < -0.3 is 9.90 Å². The highest BCUT2D eigenvalue weighted by Crippen LogP contribution is 2.25. The topological polar surface area (TPSA) is 99.2 Å². The monoisotopic (exact) mass is 373 g/mol. The Balaban J connectivity index is 1.87. The molecule has 0 radical (unpaired) electrons. The minimum absolute atomic E-state index is 0.0348. The number of hydrogen-bond donors (Lipinski definition) is 1. The molecule has 0 amide bonds. The summed E-state index contributed by atoms with van der Waals surface area (Å²) in [6, 6.07) is 11.7. The number of carbonyl (C=O) groups excluding carboxylic acids is 1. The van der Waals surface area contributed by atoms with E-state index >= 15 is 0 Å². The molecule has 3 rings (SSSR count). The predicted octanol–water partition coefficient (Wildman–Crippen LogP) is 2.28. The van der Waals surface area contributed by atoms with Crippen molar-refractivity contribution in [1.82, 2.24) is 4.98 Å². The maximum atomic E-state index is 12.4. The second kappa shape index (κ2) is 6.66. The molecule has 0 saturated heterocycles. The molecule has 0 unspecified atom stereocenters. The standard InChI is InChI=1S/C17H14N2O4S2/c1-11-18-16(10-24-11)13-3-2-4-14(9-13)19-25(22,23)15-7-5-12(6-8-15)17(20)21/h2-10,19H,1H3,(H,20,21)/p-1. The molecule has 0 atom stereocenters. The number of aromatic carboxylic acids is 1. The first-order chi connectivity index (χ1) is 11.8. The van der Waals surface area contributed by atoms with Crippen LogP contribution in [0.5, 0.6) is 0 Å². The van der Waals surface area contributed by atoms with E-state index in [4.69, 9.17) is 0 Å². The van der Waals surface area contributed by atoms with Gasteiger partial charge in [0, 0.05) is 16.6 Å². The maximum absolute atomic E-state index is 12.4. The summed E-state index contributed by atoms with van der Waals surface area (Å²) in [7, 11) is -3.83. The molecule has 3 aromatic rings. The number of nitrogens with one attached hydrogen (secondary N) is 1. The highest BCUT2D eigenvalue weighted by atomic mass is 32.2. The van der Waals surface area contributed by atoms with Gasteiger partial charge in [0.05, 0.1) is 21.6 Å². The van der Waals surface area contributed by atoms with E-state index in [9.17, 15) is 18.3 Å². The summed E-state index contributed by atoms with van der Waals surface area (Å²) in [5.74, 6) is -1.36. The lowest BCUT2D eigenvalue weighted by Gasteiger charge is -2.10. The first-order valence-corrected chi connectivity index (χ1v) is 9.58. The normalized spacial score (nSPS) is 11.2.